The Kier molecular flexibility index (Phi) is 8.75. The van der Waals surface area contributed by atoms with Crippen molar-refractivity contribution in [1.82, 2.24) is 0 Å². The number of esters is 2. The summed E-state index contributed by atoms with van der Waals surface area (Å²) in [6.45, 7) is 11.0. The molecule has 2 aromatic rings. The average Bonchev–Trinajstić information content (AvgIpc) is 2.73. The summed E-state index contributed by atoms with van der Waals surface area (Å²) in [7, 11) is 0. The third-order valence-corrected chi connectivity index (χ3v) is 4.22. The van der Waals surface area contributed by atoms with Gasteiger partial charge in [0.1, 0.15) is 0 Å². The molecule has 0 heterocycles. The molecule has 0 bridgehead atoms. The van der Waals surface area contributed by atoms with E-state index in [1.807, 2.05) is 48.5 Å². The molecule has 0 saturated carbocycles. The van der Waals surface area contributed by atoms with Gasteiger partial charge in [-0.3, -0.25) is 4.99 Å². The Labute approximate surface area is 177 Å². The Hall–Kier alpha value is -3.47. The van der Waals surface area contributed by atoms with E-state index < -0.39 is 0 Å². The highest BCUT2D eigenvalue weighted by Gasteiger charge is 2.04. The van der Waals surface area contributed by atoms with Crippen LogP contribution in [0.3, 0.4) is 0 Å². The van der Waals surface area contributed by atoms with Crippen molar-refractivity contribution in [3.63, 3.8) is 0 Å². The molecular formula is C25H27NO4. The van der Waals surface area contributed by atoms with Crippen LogP contribution in [0.1, 0.15) is 30.5 Å². The lowest BCUT2D eigenvalue weighted by Crippen LogP contribution is -2.08. The van der Waals surface area contributed by atoms with Crippen molar-refractivity contribution in [2.45, 2.75) is 26.7 Å². The lowest BCUT2D eigenvalue weighted by atomic mass is 10.1. The summed E-state index contributed by atoms with van der Waals surface area (Å²) >= 11 is 0. The first kappa shape index (κ1) is 22.8. The zero-order valence-electron chi connectivity index (χ0n) is 17.5. The highest BCUT2D eigenvalue weighted by atomic mass is 16.5. The highest BCUT2D eigenvalue weighted by molar-refractivity contribution is 5.87. The van der Waals surface area contributed by atoms with Crippen LogP contribution in [-0.4, -0.2) is 31.4 Å². The number of carbonyl (C=O) groups excluding carboxylic acids is 2. The van der Waals surface area contributed by atoms with Crippen LogP contribution in [0.15, 0.2) is 77.8 Å². The quantitative estimate of drug-likeness (QED) is 0.325. The van der Waals surface area contributed by atoms with E-state index in [-0.39, 0.29) is 11.9 Å². The molecule has 30 heavy (non-hydrogen) atoms. The van der Waals surface area contributed by atoms with E-state index >= 15 is 0 Å². The molecule has 0 radical (unpaired) electrons. The second-order valence-corrected chi connectivity index (χ2v) is 7.00. The lowest BCUT2D eigenvalue weighted by molar-refractivity contribution is -0.139. The predicted octanol–water partition coefficient (Wildman–Crippen LogP) is 4.76. The van der Waals surface area contributed by atoms with Crippen molar-refractivity contribution in [3.8, 4) is 0 Å². The molecule has 0 fully saturated rings. The fraction of sp³-hybridized carbons (Fsp3) is 0.240. The van der Waals surface area contributed by atoms with E-state index in [0.717, 1.165) is 22.4 Å². The summed E-state index contributed by atoms with van der Waals surface area (Å²) in [5.41, 5.74) is 4.78. The molecule has 5 heteroatoms. The van der Waals surface area contributed by atoms with E-state index in [1.54, 1.807) is 20.1 Å². The maximum absolute atomic E-state index is 11.4. The highest BCUT2D eigenvalue weighted by Crippen LogP contribution is 2.14. The van der Waals surface area contributed by atoms with Crippen LogP contribution in [0.25, 0.3) is 0 Å². The molecule has 2 aromatic carbocycles. The van der Waals surface area contributed by atoms with Gasteiger partial charge < -0.3 is 9.47 Å². The van der Waals surface area contributed by atoms with Crippen LogP contribution in [0, 0.1) is 0 Å². The molecule has 2 rings (SSSR count). The maximum Gasteiger partial charge on any atom is 0.333 e. The number of hydrogen-bond acceptors (Lipinski definition) is 5. The topological polar surface area (TPSA) is 65.0 Å². The molecule has 0 amide bonds. The van der Waals surface area contributed by atoms with Crippen molar-refractivity contribution >= 4 is 23.8 Å². The van der Waals surface area contributed by atoms with Gasteiger partial charge >= 0.3 is 11.9 Å². The Morgan fingerprint density at radius 1 is 0.800 bits per heavy atom. The zero-order chi connectivity index (χ0) is 21.9. The Balaban J connectivity index is 1.81. The number of ether oxygens (including phenoxy) is 2. The number of benzene rings is 2. The maximum atomic E-state index is 11.4. The van der Waals surface area contributed by atoms with Crippen molar-refractivity contribution in [3.05, 3.63) is 89.5 Å². The third-order valence-electron chi connectivity index (χ3n) is 4.22. The molecule has 0 aliphatic carbocycles. The van der Waals surface area contributed by atoms with E-state index in [9.17, 15) is 9.59 Å². The van der Waals surface area contributed by atoms with Gasteiger partial charge in [0.15, 0.2) is 0 Å². The second kappa shape index (κ2) is 11.5. The third kappa shape index (κ3) is 7.87. The van der Waals surface area contributed by atoms with Crippen molar-refractivity contribution in [1.29, 1.82) is 0 Å². The van der Waals surface area contributed by atoms with Gasteiger partial charge in [-0.15, -0.1) is 0 Å². The number of nitrogens with zero attached hydrogens (tertiary/aromatic N) is 1. The molecule has 5 nitrogen and oxygen atoms in total. The lowest BCUT2D eigenvalue weighted by Gasteiger charge is -2.05. The summed E-state index contributed by atoms with van der Waals surface area (Å²) in [4.78, 5) is 27.2. The summed E-state index contributed by atoms with van der Waals surface area (Å²) < 4.78 is 10.2. The number of carbonyl (C=O) groups is 2. The SMILES string of the molecule is C=C(C)C(=O)OCCc1ccc(C=Nc2ccc(CCOC(=O)C(=C)C)cc2)cc1. The van der Waals surface area contributed by atoms with Gasteiger partial charge in [0.05, 0.1) is 18.9 Å². The van der Waals surface area contributed by atoms with Gasteiger partial charge in [-0.25, -0.2) is 9.59 Å². The summed E-state index contributed by atoms with van der Waals surface area (Å²) in [5, 5.41) is 0. The van der Waals surface area contributed by atoms with E-state index in [1.165, 1.54) is 0 Å². The Morgan fingerprint density at radius 2 is 1.23 bits per heavy atom. The fourth-order valence-electron chi connectivity index (χ4n) is 2.44. The molecule has 156 valence electrons. The zero-order valence-corrected chi connectivity index (χ0v) is 17.5. The molecule has 0 unspecified atom stereocenters. The molecule has 0 saturated heterocycles. The van der Waals surface area contributed by atoms with E-state index in [4.69, 9.17) is 9.47 Å². The second-order valence-electron chi connectivity index (χ2n) is 7.00. The summed E-state index contributed by atoms with van der Waals surface area (Å²) in [6, 6.07) is 15.7. The monoisotopic (exact) mass is 405 g/mol. The predicted molar refractivity (Wildman–Crippen MR) is 119 cm³/mol. The minimum absolute atomic E-state index is 0.326. The van der Waals surface area contributed by atoms with Gasteiger partial charge in [0.2, 0.25) is 0 Å². The van der Waals surface area contributed by atoms with Crippen LogP contribution < -0.4 is 0 Å². The first-order valence-corrected chi connectivity index (χ1v) is 9.72. The largest absolute Gasteiger partial charge is 0.462 e. The number of rotatable bonds is 10. The van der Waals surface area contributed by atoms with Crippen molar-refractivity contribution < 1.29 is 19.1 Å². The van der Waals surface area contributed by atoms with Crippen LogP contribution in [0.4, 0.5) is 5.69 Å². The molecule has 0 aliphatic heterocycles. The van der Waals surface area contributed by atoms with Gasteiger partial charge in [0, 0.05) is 30.2 Å². The summed E-state index contributed by atoms with van der Waals surface area (Å²) in [6.07, 6.45) is 3.10. The van der Waals surface area contributed by atoms with Gasteiger partial charge in [-0.2, -0.15) is 0 Å². The molecule has 0 N–H and O–H groups in total. The average molecular weight is 405 g/mol. The number of hydrogen-bond donors (Lipinski definition) is 0. The van der Waals surface area contributed by atoms with Crippen LogP contribution in [0.2, 0.25) is 0 Å². The molecule has 0 aromatic heterocycles. The minimum Gasteiger partial charge on any atom is -0.462 e. The van der Waals surface area contributed by atoms with E-state index in [0.29, 0.717) is 37.2 Å². The summed E-state index contributed by atoms with van der Waals surface area (Å²) in [5.74, 6) is -0.729. The normalized spacial score (nSPS) is 10.6. The first-order chi connectivity index (χ1) is 14.3. The Bertz CT molecular complexity index is 847. The molecule has 0 atom stereocenters. The molecule has 0 spiro atoms. The fourth-order valence-corrected chi connectivity index (χ4v) is 2.44. The van der Waals surface area contributed by atoms with Gasteiger partial charge in [0.25, 0.3) is 0 Å². The van der Waals surface area contributed by atoms with Crippen molar-refractivity contribution in [2.75, 3.05) is 13.2 Å². The smallest absolute Gasteiger partial charge is 0.333 e. The minimum atomic E-state index is -0.366. The first-order valence-electron chi connectivity index (χ1n) is 9.72. The van der Waals surface area contributed by atoms with Crippen LogP contribution >= 0.6 is 0 Å². The van der Waals surface area contributed by atoms with Crippen LogP contribution in [0.5, 0.6) is 0 Å². The van der Waals surface area contributed by atoms with Crippen LogP contribution in [-0.2, 0) is 31.9 Å². The number of aliphatic imine (C=N–C) groups is 1. The Morgan fingerprint density at radius 3 is 1.67 bits per heavy atom. The van der Waals surface area contributed by atoms with Gasteiger partial charge in [-0.05, 0) is 42.7 Å². The molecular weight excluding hydrogens is 378 g/mol. The standard InChI is InChI=1S/C25H27NO4/c1-18(2)24(27)29-15-13-20-5-7-22(8-6-20)17-26-23-11-9-21(10-12-23)14-16-30-25(28)19(3)4/h5-12,17H,1,3,13-16H2,2,4H3. The van der Waals surface area contributed by atoms with Gasteiger partial charge in [-0.1, -0.05) is 49.6 Å². The molecule has 0 aliphatic rings. The van der Waals surface area contributed by atoms with Crippen molar-refractivity contribution in [2.24, 2.45) is 4.99 Å². The van der Waals surface area contributed by atoms with E-state index in [2.05, 4.69) is 18.2 Å².